The monoisotopic (exact) mass is 392 g/mol. The van der Waals surface area contributed by atoms with Crippen LogP contribution in [0.15, 0.2) is 24.3 Å². The molecule has 0 amide bonds. The summed E-state index contributed by atoms with van der Waals surface area (Å²) in [5, 5.41) is 0. The van der Waals surface area contributed by atoms with Gasteiger partial charge in [0.15, 0.2) is 0 Å². The van der Waals surface area contributed by atoms with Gasteiger partial charge in [-0.1, -0.05) is 70.4 Å². The Kier molecular flexibility index (Phi) is 13.7. The highest BCUT2D eigenvalue weighted by atomic mass is 16.5. The van der Waals surface area contributed by atoms with E-state index in [4.69, 9.17) is 14.2 Å². The first-order chi connectivity index (χ1) is 13.7. The number of hydrogen-bond acceptors (Lipinski definition) is 5. The lowest BCUT2D eigenvalue weighted by molar-refractivity contribution is -0.151. The molecule has 0 aromatic heterocycles. The van der Waals surface area contributed by atoms with Crippen LogP contribution in [-0.2, 0) is 25.7 Å². The lowest BCUT2D eigenvalue weighted by Crippen LogP contribution is -2.11. The summed E-state index contributed by atoms with van der Waals surface area (Å²) >= 11 is 0. The Labute approximate surface area is 169 Å². The molecular weight excluding hydrogens is 356 g/mol. The zero-order valence-electron chi connectivity index (χ0n) is 17.5. The lowest BCUT2D eigenvalue weighted by atomic mass is 10.1. The van der Waals surface area contributed by atoms with Gasteiger partial charge >= 0.3 is 11.9 Å². The molecule has 0 saturated heterocycles. The second-order valence-corrected chi connectivity index (χ2v) is 7.06. The van der Waals surface area contributed by atoms with Gasteiger partial charge in [0.05, 0.1) is 26.6 Å². The molecule has 0 aliphatic carbocycles. The molecule has 0 fully saturated rings. The Morgan fingerprint density at radius 2 is 1.43 bits per heavy atom. The molecule has 0 aliphatic heterocycles. The quantitative estimate of drug-likeness (QED) is 0.271. The maximum absolute atomic E-state index is 11.8. The molecule has 1 aromatic rings. The van der Waals surface area contributed by atoms with Crippen LogP contribution in [0.1, 0.15) is 83.1 Å². The number of methoxy groups -OCH3 is 1. The van der Waals surface area contributed by atoms with E-state index in [1.54, 1.807) is 7.11 Å². The molecule has 0 unspecified atom stereocenters. The maximum Gasteiger partial charge on any atom is 0.306 e. The Morgan fingerprint density at radius 1 is 0.821 bits per heavy atom. The third-order valence-electron chi connectivity index (χ3n) is 4.58. The summed E-state index contributed by atoms with van der Waals surface area (Å²) in [6, 6.07) is 7.34. The highest BCUT2D eigenvalue weighted by Gasteiger charge is 2.09. The molecule has 0 bridgehead atoms. The van der Waals surface area contributed by atoms with Gasteiger partial charge in [-0.15, -0.1) is 0 Å². The van der Waals surface area contributed by atoms with Gasteiger partial charge in [-0.2, -0.15) is 0 Å². The van der Waals surface area contributed by atoms with E-state index in [1.165, 1.54) is 44.9 Å². The van der Waals surface area contributed by atoms with E-state index < -0.39 is 5.97 Å². The van der Waals surface area contributed by atoms with Crippen LogP contribution < -0.4 is 4.74 Å². The Morgan fingerprint density at radius 3 is 2.07 bits per heavy atom. The molecule has 0 atom stereocenters. The van der Waals surface area contributed by atoms with Crippen LogP contribution in [-0.4, -0.2) is 25.7 Å². The minimum Gasteiger partial charge on any atom is -0.497 e. The van der Waals surface area contributed by atoms with Crippen molar-refractivity contribution in [3.8, 4) is 5.75 Å². The first-order valence-electron chi connectivity index (χ1n) is 10.6. The van der Waals surface area contributed by atoms with Crippen molar-refractivity contribution in [2.75, 3.05) is 13.7 Å². The van der Waals surface area contributed by atoms with Crippen LogP contribution in [0.5, 0.6) is 5.75 Å². The molecule has 158 valence electrons. The van der Waals surface area contributed by atoms with E-state index in [0.29, 0.717) is 12.4 Å². The molecule has 0 radical (unpaired) electrons. The molecule has 0 N–H and O–H groups in total. The minimum atomic E-state index is -0.400. The molecule has 5 heteroatoms. The summed E-state index contributed by atoms with van der Waals surface area (Å²) < 4.78 is 15.5. The smallest absolute Gasteiger partial charge is 0.306 e. The van der Waals surface area contributed by atoms with Crippen molar-refractivity contribution in [2.45, 2.75) is 84.2 Å². The average Bonchev–Trinajstić information content (AvgIpc) is 2.72. The number of carbonyl (C=O) groups is 2. The van der Waals surface area contributed by atoms with Gasteiger partial charge in [0, 0.05) is 0 Å². The number of benzene rings is 1. The van der Waals surface area contributed by atoms with Gasteiger partial charge in [0.1, 0.15) is 12.4 Å². The van der Waals surface area contributed by atoms with Crippen molar-refractivity contribution in [2.24, 2.45) is 0 Å². The fourth-order valence-corrected chi connectivity index (χ4v) is 2.87. The standard InChI is InChI=1S/C23H36O5/c1-3-4-5-6-7-8-9-10-11-17-27-22(24)15-16-23(25)28-19-20-13-12-14-21(18-20)26-2/h12-14,18H,3-11,15-17,19H2,1-2H3. The number of carbonyl (C=O) groups excluding carboxylic acids is 2. The normalized spacial score (nSPS) is 10.5. The number of ether oxygens (including phenoxy) is 3. The van der Waals surface area contributed by atoms with Crippen LogP contribution >= 0.6 is 0 Å². The van der Waals surface area contributed by atoms with E-state index in [1.807, 2.05) is 24.3 Å². The van der Waals surface area contributed by atoms with Crippen LogP contribution in [0.2, 0.25) is 0 Å². The summed E-state index contributed by atoms with van der Waals surface area (Å²) in [4.78, 5) is 23.5. The zero-order valence-corrected chi connectivity index (χ0v) is 17.5. The van der Waals surface area contributed by atoms with E-state index in [0.717, 1.165) is 18.4 Å². The Hall–Kier alpha value is -2.04. The van der Waals surface area contributed by atoms with Gasteiger partial charge < -0.3 is 14.2 Å². The summed E-state index contributed by atoms with van der Waals surface area (Å²) in [6.45, 7) is 2.84. The summed E-state index contributed by atoms with van der Waals surface area (Å²) in [7, 11) is 1.59. The number of rotatable bonds is 16. The van der Waals surface area contributed by atoms with Crippen LogP contribution in [0, 0.1) is 0 Å². The van der Waals surface area contributed by atoms with Crippen molar-refractivity contribution in [1.82, 2.24) is 0 Å². The summed E-state index contributed by atoms with van der Waals surface area (Å²) in [5.41, 5.74) is 0.848. The van der Waals surface area contributed by atoms with Crippen LogP contribution in [0.25, 0.3) is 0 Å². The SMILES string of the molecule is CCCCCCCCCCCOC(=O)CCC(=O)OCc1cccc(OC)c1. The number of esters is 2. The predicted molar refractivity (Wildman–Crippen MR) is 110 cm³/mol. The molecular formula is C23H36O5. The average molecular weight is 393 g/mol. The van der Waals surface area contributed by atoms with Gasteiger partial charge in [0.2, 0.25) is 0 Å². The van der Waals surface area contributed by atoms with Crippen LogP contribution in [0.3, 0.4) is 0 Å². The van der Waals surface area contributed by atoms with Crippen molar-refractivity contribution in [3.05, 3.63) is 29.8 Å². The van der Waals surface area contributed by atoms with Gasteiger partial charge in [0.25, 0.3) is 0 Å². The Bertz CT molecular complexity index is 556. The number of hydrogen-bond donors (Lipinski definition) is 0. The zero-order chi connectivity index (χ0) is 20.5. The molecule has 0 saturated carbocycles. The van der Waals surface area contributed by atoms with Crippen molar-refractivity contribution >= 4 is 11.9 Å². The second kappa shape index (κ2) is 16.0. The lowest BCUT2D eigenvalue weighted by Gasteiger charge is -2.07. The minimum absolute atomic E-state index is 0.0422. The van der Waals surface area contributed by atoms with Gasteiger partial charge in [-0.3, -0.25) is 9.59 Å². The highest BCUT2D eigenvalue weighted by Crippen LogP contribution is 2.14. The first-order valence-corrected chi connectivity index (χ1v) is 10.6. The molecule has 0 aliphatic rings. The predicted octanol–water partition coefficient (Wildman–Crippen LogP) is 5.59. The number of unbranched alkanes of at least 4 members (excludes halogenated alkanes) is 8. The van der Waals surface area contributed by atoms with Crippen LogP contribution in [0.4, 0.5) is 0 Å². The largest absolute Gasteiger partial charge is 0.497 e. The molecule has 1 rings (SSSR count). The molecule has 28 heavy (non-hydrogen) atoms. The van der Waals surface area contributed by atoms with E-state index >= 15 is 0 Å². The summed E-state index contributed by atoms with van der Waals surface area (Å²) in [5.74, 6) is -0.0191. The fraction of sp³-hybridized carbons (Fsp3) is 0.652. The van der Waals surface area contributed by atoms with E-state index in [9.17, 15) is 9.59 Å². The van der Waals surface area contributed by atoms with E-state index in [-0.39, 0.29) is 25.4 Å². The highest BCUT2D eigenvalue weighted by molar-refractivity contribution is 5.77. The van der Waals surface area contributed by atoms with Crippen molar-refractivity contribution in [1.29, 1.82) is 0 Å². The molecule has 0 spiro atoms. The topological polar surface area (TPSA) is 61.8 Å². The van der Waals surface area contributed by atoms with E-state index in [2.05, 4.69) is 6.92 Å². The van der Waals surface area contributed by atoms with Crippen molar-refractivity contribution < 1.29 is 23.8 Å². The fourth-order valence-electron chi connectivity index (χ4n) is 2.87. The second-order valence-electron chi connectivity index (χ2n) is 7.06. The molecule has 1 aromatic carbocycles. The van der Waals surface area contributed by atoms with Gasteiger partial charge in [-0.05, 0) is 24.1 Å². The Balaban J connectivity index is 1.98. The molecule has 0 heterocycles. The van der Waals surface area contributed by atoms with Gasteiger partial charge in [-0.25, -0.2) is 0 Å². The maximum atomic E-state index is 11.8. The molecule has 5 nitrogen and oxygen atoms in total. The summed E-state index contributed by atoms with van der Waals surface area (Å²) in [6.07, 6.45) is 11.1. The first kappa shape index (κ1) is 24.0. The third kappa shape index (κ3) is 12.4. The third-order valence-corrected chi connectivity index (χ3v) is 4.58. The van der Waals surface area contributed by atoms with Crippen molar-refractivity contribution in [3.63, 3.8) is 0 Å².